The first-order chi connectivity index (χ1) is 9.22. The van der Waals surface area contributed by atoms with Gasteiger partial charge in [0.1, 0.15) is 0 Å². The number of rotatable bonds is 8. The normalized spacial score (nSPS) is 26.1. The van der Waals surface area contributed by atoms with Crippen LogP contribution in [0.25, 0.3) is 0 Å². The van der Waals surface area contributed by atoms with Gasteiger partial charge in [0.25, 0.3) is 0 Å². The summed E-state index contributed by atoms with van der Waals surface area (Å²) in [7, 11) is 1.71. The van der Waals surface area contributed by atoms with E-state index in [9.17, 15) is 0 Å². The minimum absolute atomic E-state index is 0.655. The molecule has 0 aromatic carbocycles. The summed E-state index contributed by atoms with van der Waals surface area (Å²) >= 11 is 0. The van der Waals surface area contributed by atoms with Gasteiger partial charge in [0.05, 0.1) is 13.2 Å². The zero-order valence-corrected chi connectivity index (χ0v) is 13.0. The topological polar surface area (TPSA) is 33.7 Å². The standard InChI is InChI=1S/C15H32N2O2/c1-14-12-16-15(2)6-8-17(13-14)7-4-5-9-19-11-10-18-3/h14-16H,4-13H2,1-3H3. The van der Waals surface area contributed by atoms with E-state index in [1.54, 1.807) is 7.11 Å². The monoisotopic (exact) mass is 272 g/mol. The summed E-state index contributed by atoms with van der Waals surface area (Å²) in [6, 6.07) is 0.655. The van der Waals surface area contributed by atoms with Crippen LogP contribution in [0.15, 0.2) is 0 Å². The molecule has 4 nitrogen and oxygen atoms in total. The Kier molecular flexibility index (Phi) is 9.43. The molecule has 0 aliphatic carbocycles. The number of methoxy groups -OCH3 is 1. The lowest BCUT2D eigenvalue weighted by Crippen LogP contribution is -2.42. The van der Waals surface area contributed by atoms with Crippen molar-refractivity contribution in [3.63, 3.8) is 0 Å². The van der Waals surface area contributed by atoms with Gasteiger partial charge in [-0.2, -0.15) is 0 Å². The van der Waals surface area contributed by atoms with Gasteiger partial charge < -0.3 is 19.7 Å². The average Bonchev–Trinajstić information content (AvgIpc) is 2.39. The minimum atomic E-state index is 0.655. The highest BCUT2D eigenvalue weighted by Gasteiger charge is 2.15. The Morgan fingerprint density at radius 3 is 2.79 bits per heavy atom. The summed E-state index contributed by atoms with van der Waals surface area (Å²) in [6.07, 6.45) is 3.65. The molecule has 114 valence electrons. The van der Waals surface area contributed by atoms with E-state index < -0.39 is 0 Å². The summed E-state index contributed by atoms with van der Waals surface area (Å²) in [5, 5.41) is 3.59. The Morgan fingerprint density at radius 1 is 1.16 bits per heavy atom. The quantitative estimate of drug-likeness (QED) is 0.683. The molecule has 1 rings (SSSR count). The molecule has 1 fully saturated rings. The average molecular weight is 272 g/mol. The van der Waals surface area contributed by atoms with Gasteiger partial charge in [-0.1, -0.05) is 6.92 Å². The lowest BCUT2D eigenvalue weighted by atomic mass is 10.1. The number of hydrogen-bond donors (Lipinski definition) is 1. The number of nitrogens with zero attached hydrogens (tertiary/aromatic N) is 1. The molecule has 0 saturated carbocycles. The summed E-state index contributed by atoms with van der Waals surface area (Å²) in [5.74, 6) is 0.751. The fourth-order valence-electron chi connectivity index (χ4n) is 2.46. The Labute approximate surface area is 118 Å². The van der Waals surface area contributed by atoms with Crippen LogP contribution >= 0.6 is 0 Å². The van der Waals surface area contributed by atoms with E-state index in [2.05, 4.69) is 24.1 Å². The Morgan fingerprint density at radius 2 is 2.00 bits per heavy atom. The number of hydrogen-bond acceptors (Lipinski definition) is 4. The van der Waals surface area contributed by atoms with Crippen molar-refractivity contribution < 1.29 is 9.47 Å². The summed E-state index contributed by atoms with van der Waals surface area (Å²) in [6.45, 7) is 11.7. The van der Waals surface area contributed by atoms with Crippen LogP contribution in [-0.4, -0.2) is 64.1 Å². The third-order valence-electron chi connectivity index (χ3n) is 3.71. The molecule has 2 atom stereocenters. The zero-order valence-electron chi connectivity index (χ0n) is 13.0. The van der Waals surface area contributed by atoms with Crippen molar-refractivity contribution >= 4 is 0 Å². The van der Waals surface area contributed by atoms with E-state index in [1.165, 1.54) is 32.5 Å². The van der Waals surface area contributed by atoms with Gasteiger partial charge >= 0.3 is 0 Å². The second kappa shape index (κ2) is 10.6. The van der Waals surface area contributed by atoms with Crippen LogP contribution in [0.2, 0.25) is 0 Å². The lowest BCUT2D eigenvalue weighted by molar-refractivity contribution is 0.0672. The Bertz CT molecular complexity index is 214. The van der Waals surface area contributed by atoms with Crippen molar-refractivity contribution in [1.82, 2.24) is 10.2 Å². The molecule has 1 N–H and O–H groups in total. The van der Waals surface area contributed by atoms with Crippen LogP contribution in [-0.2, 0) is 9.47 Å². The van der Waals surface area contributed by atoms with Crippen molar-refractivity contribution in [1.29, 1.82) is 0 Å². The van der Waals surface area contributed by atoms with E-state index >= 15 is 0 Å². The second-order valence-electron chi connectivity index (χ2n) is 5.82. The van der Waals surface area contributed by atoms with E-state index in [4.69, 9.17) is 9.47 Å². The lowest BCUT2D eigenvalue weighted by Gasteiger charge is -2.31. The maximum Gasteiger partial charge on any atom is 0.0700 e. The first-order valence-corrected chi connectivity index (χ1v) is 7.74. The van der Waals surface area contributed by atoms with Gasteiger partial charge in [-0.05, 0) is 51.7 Å². The Hall–Kier alpha value is -0.160. The molecule has 2 unspecified atom stereocenters. The summed E-state index contributed by atoms with van der Waals surface area (Å²) in [4.78, 5) is 2.62. The van der Waals surface area contributed by atoms with Gasteiger partial charge in [0.2, 0.25) is 0 Å². The maximum atomic E-state index is 5.49. The minimum Gasteiger partial charge on any atom is -0.382 e. The smallest absolute Gasteiger partial charge is 0.0700 e. The van der Waals surface area contributed by atoms with E-state index in [0.717, 1.165) is 32.1 Å². The van der Waals surface area contributed by atoms with Crippen LogP contribution in [0.1, 0.15) is 33.1 Å². The molecule has 1 heterocycles. The largest absolute Gasteiger partial charge is 0.382 e. The first kappa shape index (κ1) is 16.9. The highest BCUT2D eigenvalue weighted by Crippen LogP contribution is 2.08. The van der Waals surface area contributed by atoms with E-state index in [-0.39, 0.29) is 0 Å². The van der Waals surface area contributed by atoms with Gasteiger partial charge in [-0.3, -0.25) is 0 Å². The van der Waals surface area contributed by atoms with Gasteiger partial charge in [-0.15, -0.1) is 0 Å². The van der Waals surface area contributed by atoms with Crippen molar-refractivity contribution in [3.05, 3.63) is 0 Å². The van der Waals surface area contributed by atoms with E-state index in [0.29, 0.717) is 12.6 Å². The molecular formula is C15H32N2O2. The van der Waals surface area contributed by atoms with Crippen molar-refractivity contribution in [2.75, 3.05) is 53.1 Å². The predicted molar refractivity (Wildman–Crippen MR) is 79.6 cm³/mol. The fraction of sp³-hybridized carbons (Fsp3) is 1.00. The molecule has 1 aliphatic heterocycles. The molecule has 0 bridgehead atoms. The van der Waals surface area contributed by atoms with Crippen molar-refractivity contribution in [2.45, 2.75) is 39.2 Å². The number of unbranched alkanes of at least 4 members (excludes halogenated alkanes) is 1. The summed E-state index contributed by atoms with van der Waals surface area (Å²) in [5.41, 5.74) is 0. The molecule has 0 aromatic rings. The molecule has 0 aromatic heterocycles. The van der Waals surface area contributed by atoms with Gasteiger partial charge in [0, 0.05) is 26.3 Å². The molecule has 4 heteroatoms. The molecule has 0 spiro atoms. The molecule has 0 radical (unpaired) electrons. The van der Waals surface area contributed by atoms with Crippen molar-refractivity contribution in [3.8, 4) is 0 Å². The summed E-state index contributed by atoms with van der Waals surface area (Å²) < 4.78 is 10.4. The second-order valence-corrected chi connectivity index (χ2v) is 5.82. The first-order valence-electron chi connectivity index (χ1n) is 7.74. The van der Waals surface area contributed by atoms with Crippen LogP contribution in [0.3, 0.4) is 0 Å². The van der Waals surface area contributed by atoms with Gasteiger partial charge in [0.15, 0.2) is 0 Å². The van der Waals surface area contributed by atoms with Crippen LogP contribution in [0.4, 0.5) is 0 Å². The fourth-order valence-corrected chi connectivity index (χ4v) is 2.46. The zero-order chi connectivity index (χ0) is 13.9. The molecule has 19 heavy (non-hydrogen) atoms. The van der Waals surface area contributed by atoms with E-state index in [1.807, 2.05) is 0 Å². The number of nitrogens with one attached hydrogen (secondary N) is 1. The third-order valence-corrected chi connectivity index (χ3v) is 3.71. The Balaban J connectivity index is 2.06. The molecule has 1 saturated heterocycles. The molecule has 1 aliphatic rings. The maximum absolute atomic E-state index is 5.49. The van der Waals surface area contributed by atoms with Crippen molar-refractivity contribution in [2.24, 2.45) is 5.92 Å². The highest BCUT2D eigenvalue weighted by molar-refractivity contribution is 4.73. The third kappa shape index (κ3) is 8.58. The van der Waals surface area contributed by atoms with Crippen LogP contribution < -0.4 is 5.32 Å². The van der Waals surface area contributed by atoms with Crippen LogP contribution in [0.5, 0.6) is 0 Å². The highest BCUT2D eigenvalue weighted by atomic mass is 16.5. The molecular weight excluding hydrogens is 240 g/mol. The number of ether oxygens (including phenoxy) is 2. The molecule has 0 amide bonds. The SMILES string of the molecule is COCCOCCCCN1CCC(C)NCC(C)C1. The predicted octanol–water partition coefficient (Wildman–Crippen LogP) is 1.75. The van der Waals surface area contributed by atoms with Crippen LogP contribution in [0, 0.1) is 5.92 Å². The van der Waals surface area contributed by atoms with Gasteiger partial charge in [-0.25, -0.2) is 0 Å².